The Balaban J connectivity index is 1.79. The Morgan fingerprint density at radius 2 is 1.73 bits per heavy atom. The predicted octanol–water partition coefficient (Wildman–Crippen LogP) is 4.21. The van der Waals surface area contributed by atoms with Crippen molar-refractivity contribution in [3.8, 4) is 0 Å². The minimum atomic E-state index is 0.712. The lowest BCUT2D eigenvalue weighted by Crippen LogP contribution is -1.94. The van der Waals surface area contributed by atoms with Crippen LogP contribution in [0.25, 0.3) is 28.6 Å². The van der Waals surface area contributed by atoms with Gasteiger partial charge in [0.05, 0.1) is 6.20 Å². The zero-order valence-corrected chi connectivity index (χ0v) is 13.1. The first-order valence-electron chi connectivity index (χ1n) is 6.84. The fourth-order valence-corrected chi connectivity index (χ4v) is 2.62. The smallest absolute Gasteiger partial charge is 0.186 e. The van der Waals surface area contributed by atoms with Gasteiger partial charge in [0.1, 0.15) is 0 Å². The van der Waals surface area contributed by atoms with Crippen LogP contribution in [0.1, 0.15) is 11.4 Å². The molecular weight excluding hydrogens is 340 g/mol. The molecule has 106 valence electrons. The largest absolute Gasteiger partial charge is 0.193 e. The van der Waals surface area contributed by atoms with Crippen molar-refractivity contribution in [3.05, 3.63) is 70.6 Å². The quantitative estimate of drug-likeness (QED) is 0.543. The monoisotopic (exact) mass is 350 g/mol. The Labute approximate surface area is 135 Å². The average molecular weight is 351 g/mol. The Kier molecular flexibility index (Phi) is 3.20. The van der Waals surface area contributed by atoms with Crippen LogP contribution in [0.3, 0.4) is 0 Å². The molecule has 0 bridgehead atoms. The molecule has 0 aliphatic carbocycles. The van der Waals surface area contributed by atoms with Crippen LogP contribution in [-0.4, -0.2) is 19.8 Å². The lowest BCUT2D eigenvalue weighted by atomic mass is 10.2. The van der Waals surface area contributed by atoms with E-state index in [1.165, 1.54) is 0 Å². The molecule has 0 aliphatic heterocycles. The zero-order chi connectivity index (χ0) is 14.9. The van der Waals surface area contributed by atoms with Gasteiger partial charge in [-0.05, 0) is 23.8 Å². The van der Waals surface area contributed by atoms with Gasteiger partial charge in [-0.25, -0.2) is 0 Å². The number of aromatic nitrogens is 4. The second-order valence-corrected chi connectivity index (χ2v) is 5.83. The summed E-state index contributed by atoms with van der Waals surface area (Å²) in [5.74, 6) is 0.712. The van der Waals surface area contributed by atoms with Crippen LogP contribution >= 0.6 is 15.9 Å². The molecule has 0 N–H and O–H groups in total. The molecule has 2 aromatic heterocycles. The predicted molar refractivity (Wildman–Crippen MR) is 91.4 cm³/mol. The van der Waals surface area contributed by atoms with Gasteiger partial charge in [-0.3, -0.25) is 0 Å². The molecular formula is C17H11BrN4. The summed E-state index contributed by atoms with van der Waals surface area (Å²) in [5.41, 5.74) is 1.87. The second-order valence-electron chi connectivity index (χ2n) is 4.91. The number of halogens is 1. The Bertz CT molecular complexity index is 987. The summed E-state index contributed by atoms with van der Waals surface area (Å²) in [6.07, 6.45) is 5.76. The van der Waals surface area contributed by atoms with Crippen LogP contribution in [0.15, 0.2) is 59.2 Å². The molecule has 0 saturated carbocycles. The highest BCUT2D eigenvalue weighted by atomic mass is 79.9. The molecule has 2 aromatic carbocycles. The number of benzene rings is 2. The molecule has 4 rings (SSSR count). The average Bonchev–Trinajstić information content (AvgIpc) is 2.98. The molecule has 5 heteroatoms. The maximum atomic E-state index is 4.43. The molecule has 0 atom stereocenters. The van der Waals surface area contributed by atoms with Gasteiger partial charge in [-0.15, -0.1) is 10.2 Å². The van der Waals surface area contributed by atoms with Crippen molar-refractivity contribution < 1.29 is 0 Å². The van der Waals surface area contributed by atoms with Crippen LogP contribution in [0.2, 0.25) is 0 Å². The van der Waals surface area contributed by atoms with Gasteiger partial charge in [0.15, 0.2) is 11.5 Å². The Morgan fingerprint density at radius 3 is 2.59 bits per heavy atom. The number of rotatable bonds is 2. The van der Waals surface area contributed by atoms with Crippen molar-refractivity contribution >= 4 is 44.5 Å². The summed E-state index contributed by atoms with van der Waals surface area (Å²) in [7, 11) is 0. The normalized spacial score (nSPS) is 11.7. The van der Waals surface area contributed by atoms with Crippen LogP contribution in [-0.2, 0) is 0 Å². The van der Waals surface area contributed by atoms with E-state index >= 15 is 0 Å². The molecule has 0 unspecified atom stereocenters. The molecule has 4 nitrogen and oxygen atoms in total. The maximum absolute atomic E-state index is 4.43. The van der Waals surface area contributed by atoms with Gasteiger partial charge in [-0.1, -0.05) is 58.4 Å². The maximum Gasteiger partial charge on any atom is 0.186 e. The lowest BCUT2D eigenvalue weighted by Gasteiger charge is -1.99. The van der Waals surface area contributed by atoms with E-state index in [1.54, 1.807) is 4.52 Å². The summed E-state index contributed by atoms with van der Waals surface area (Å²) in [6.45, 7) is 0. The number of nitrogens with zero attached hydrogens (tertiary/aromatic N) is 4. The van der Waals surface area contributed by atoms with E-state index in [0.29, 0.717) is 5.82 Å². The van der Waals surface area contributed by atoms with Gasteiger partial charge in [0.2, 0.25) is 0 Å². The molecule has 2 heterocycles. The molecule has 0 radical (unpaired) electrons. The number of hydrogen-bond acceptors (Lipinski definition) is 3. The van der Waals surface area contributed by atoms with Crippen molar-refractivity contribution in [1.29, 1.82) is 0 Å². The van der Waals surface area contributed by atoms with Crippen molar-refractivity contribution in [3.63, 3.8) is 0 Å². The fourth-order valence-electron chi connectivity index (χ4n) is 2.36. The first-order chi connectivity index (χ1) is 10.8. The molecule has 0 aliphatic rings. The summed E-state index contributed by atoms with van der Waals surface area (Å²) in [6, 6.07) is 16.1. The van der Waals surface area contributed by atoms with Crippen LogP contribution in [0.5, 0.6) is 0 Å². The van der Waals surface area contributed by atoms with Crippen molar-refractivity contribution in [1.82, 2.24) is 19.8 Å². The number of hydrogen-bond donors (Lipinski definition) is 0. The Morgan fingerprint density at radius 1 is 0.909 bits per heavy atom. The second kappa shape index (κ2) is 5.35. The minimum absolute atomic E-state index is 0.712. The highest BCUT2D eigenvalue weighted by molar-refractivity contribution is 9.10. The third-order valence-electron chi connectivity index (χ3n) is 3.47. The van der Waals surface area contributed by atoms with Crippen LogP contribution < -0.4 is 0 Å². The van der Waals surface area contributed by atoms with Gasteiger partial charge in [-0.2, -0.15) is 9.61 Å². The highest BCUT2D eigenvalue weighted by Gasteiger charge is 2.07. The molecule has 4 aromatic rings. The van der Waals surface area contributed by atoms with Crippen LogP contribution in [0, 0.1) is 0 Å². The molecule has 0 fully saturated rings. The third-order valence-corrected chi connectivity index (χ3v) is 4.00. The molecule has 0 amide bonds. The van der Waals surface area contributed by atoms with Gasteiger partial charge < -0.3 is 0 Å². The molecule has 22 heavy (non-hydrogen) atoms. The van der Waals surface area contributed by atoms with E-state index in [-0.39, 0.29) is 0 Å². The molecule has 0 saturated heterocycles. The van der Waals surface area contributed by atoms with Crippen molar-refractivity contribution in [2.24, 2.45) is 0 Å². The first-order valence-corrected chi connectivity index (χ1v) is 7.63. The highest BCUT2D eigenvalue weighted by Crippen LogP contribution is 2.18. The van der Waals surface area contributed by atoms with Gasteiger partial charge >= 0.3 is 0 Å². The summed E-state index contributed by atoms with van der Waals surface area (Å²) < 4.78 is 2.82. The van der Waals surface area contributed by atoms with E-state index < -0.39 is 0 Å². The third kappa shape index (κ3) is 2.29. The van der Waals surface area contributed by atoms with Gasteiger partial charge in [0, 0.05) is 15.2 Å². The number of fused-ring (bicyclic) bond motifs is 3. The zero-order valence-electron chi connectivity index (χ0n) is 11.5. The Hall–Kier alpha value is -2.53. The van der Waals surface area contributed by atoms with E-state index in [9.17, 15) is 0 Å². The van der Waals surface area contributed by atoms with Crippen LogP contribution in [0.4, 0.5) is 0 Å². The van der Waals surface area contributed by atoms with E-state index in [4.69, 9.17) is 0 Å². The fraction of sp³-hybridized carbons (Fsp3) is 0. The van der Waals surface area contributed by atoms with E-state index in [1.807, 2.05) is 66.9 Å². The van der Waals surface area contributed by atoms with E-state index in [0.717, 1.165) is 26.5 Å². The first kappa shape index (κ1) is 13.2. The minimum Gasteiger partial charge on any atom is -0.193 e. The standard InChI is InChI=1S/C17H11BrN4/c18-14-8-5-12(6-9-14)7-10-16-20-21-17-15-4-2-1-3-13(15)11-19-22(16)17/h1-11H/b10-7+. The summed E-state index contributed by atoms with van der Waals surface area (Å²) in [5, 5.41) is 15.0. The van der Waals surface area contributed by atoms with Gasteiger partial charge in [0.25, 0.3) is 0 Å². The topological polar surface area (TPSA) is 43.1 Å². The van der Waals surface area contributed by atoms with E-state index in [2.05, 4.69) is 31.2 Å². The lowest BCUT2D eigenvalue weighted by molar-refractivity contribution is 0.921. The summed E-state index contributed by atoms with van der Waals surface area (Å²) in [4.78, 5) is 0. The molecule has 0 spiro atoms. The van der Waals surface area contributed by atoms with Crippen molar-refractivity contribution in [2.75, 3.05) is 0 Å². The SMILES string of the molecule is Brc1ccc(/C=C/c2nnc3c4ccccc4cnn23)cc1. The summed E-state index contributed by atoms with van der Waals surface area (Å²) >= 11 is 3.43. The van der Waals surface area contributed by atoms with Crippen molar-refractivity contribution in [2.45, 2.75) is 0 Å².